The number of hydrogen-bond acceptors (Lipinski definition) is 5. The van der Waals surface area contributed by atoms with E-state index in [1.807, 2.05) is 6.92 Å². The summed E-state index contributed by atoms with van der Waals surface area (Å²) in [5, 5.41) is 7.26. The van der Waals surface area contributed by atoms with Crippen LogP contribution < -0.4 is 5.32 Å². The van der Waals surface area contributed by atoms with Crippen LogP contribution in [-0.2, 0) is 11.3 Å². The van der Waals surface area contributed by atoms with E-state index in [4.69, 9.17) is 20.9 Å². The number of nitrogens with one attached hydrogen (secondary N) is 1. The summed E-state index contributed by atoms with van der Waals surface area (Å²) in [5.74, 6) is 0.354. The number of amides is 1. The Morgan fingerprint density at radius 3 is 2.96 bits per heavy atom. The Morgan fingerprint density at radius 2 is 2.17 bits per heavy atom. The number of anilines is 1. The largest absolute Gasteiger partial charge is 0.379 e. The zero-order chi connectivity index (χ0) is 16.2. The van der Waals surface area contributed by atoms with Crippen LogP contribution in [0.5, 0.6) is 0 Å². The Bertz CT molecular complexity index is 696. The summed E-state index contributed by atoms with van der Waals surface area (Å²) in [7, 11) is 0. The summed E-state index contributed by atoms with van der Waals surface area (Å²) in [5.41, 5.74) is 1.74. The molecule has 0 saturated carbocycles. The van der Waals surface area contributed by atoms with Crippen LogP contribution >= 0.6 is 11.6 Å². The second kappa shape index (κ2) is 7.12. The molecule has 7 heteroatoms. The normalized spacial score (nSPS) is 15.6. The minimum atomic E-state index is -0.313. The van der Waals surface area contributed by atoms with E-state index in [9.17, 15) is 4.79 Å². The van der Waals surface area contributed by atoms with Crippen LogP contribution in [0.2, 0.25) is 5.02 Å². The second-order valence-corrected chi connectivity index (χ2v) is 5.84. The molecule has 6 nitrogen and oxygen atoms in total. The fourth-order valence-corrected chi connectivity index (χ4v) is 2.58. The number of ether oxygens (including phenoxy) is 1. The number of carbonyl (C=O) groups is 1. The van der Waals surface area contributed by atoms with Gasteiger partial charge in [-0.05, 0) is 24.6 Å². The van der Waals surface area contributed by atoms with Crippen molar-refractivity contribution in [3.8, 4) is 0 Å². The molecule has 1 aliphatic heterocycles. The van der Waals surface area contributed by atoms with Crippen LogP contribution in [0.1, 0.15) is 21.8 Å². The maximum atomic E-state index is 12.3. The quantitative estimate of drug-likeness (QED) is 0.930. The lowest BCUT2D eigenvalue weighted by Crippen LogP contribution is -2.35. The van der Waals surface area contributed by atoms with E-state index in [-0.39, 0.29) is 11.6 Å². The molecule has 1 aromatic carbocycles. The Morgan fingerprint density at radius 1 is 1.39 bits per heavy atom. The molecule has 0 radical (unpaired) electrons. The summed E-state index contributed by atoms with van der Waals surface area (Å²) in [6.45, 7) is 5.61. The van der Waals surface area contributed by atoms with Gasteiger partial charge in [-0.1, -0.05) is 22.8 Å². The van der Waals surface area contributed by atoms with Gasteiger partial charge in [0.2, 0.25) is 0 Å². The number of morpholine rings is 1. The van der Waals surface area contributed by atoms with Crippen molar-refractivity contribution in [1.29, 1.82) is 0 Å². The number of nitrogens with zero attached hydrogens (tertiary/aromatic N) is 2. The van der Waals surface area contributed by atoms with Crippen molar-refractivity contribution in [2.75, 3.05) is 31.6 Å². The molecule has 1 fully saturated rings. The highest BCUT2D eigenvalue weighted by atomic mass is 35.5. The molecule has 2 aromatic rings. The van der Waals surface area contributed by atoms with Gasteiger partial charge < -0.3 is 14.6 Å². The van der Waals surface area contributed by atoms with Crippen molar-refractivity contribution in [2.24, 2.45) is 0 Å². The second-order valence-electron chi connectivity index (χ2n) is 5.43. The number of halogens is 1. The van der Waals surface area contributed by atoms with Crippen molar-refractivity contribution in [1.82, 2.24) is 10.1 Å². The molecule has 2 heterocycles. The van der Waals surface area contributed by atoms with Gasteiger partial charge in [-0.15, -0.1) is 0 Å². The Kier molecular flexibility index (Phi) is 4.95. The highest BCUT2D eigenvalue weighted by molar-refractivity contribution is 6.31. The van der Waals surface area contributed by atoms with Crippen molar-refractivity contribution < 1.29 is 14.1 Å². The van der Waals surface area contributed by atoms with Gasteiger partial charge in [-0.25, -0.2) is 0 Å². The number of aromatic nitrogens is 1. The van der Waals surface area contributed by atoms with Gasteiger partial charge in [-0.3, -0.25) is 9.69 Å². The van der Waals surface area contributed by atoms with Crippen molar-refractivity contribution in [3.63, 3.8) is 0 Å². The summed E-state index contributed by atoms with van der Waals surface area (Å²) < 4.78 is 10.6. The predicted octanol–water partition coefficient (Wildman–Crippen LogP) is 2.72. The summed E-state index contributed by atoms with van der Waals surface area (Å²) in [6.07, 6.45) is 0. The standard InChI is InChI=1S/C16H18ClN3O3/c1-11-13(17)3-2-4-14(11)18-16(21)15-9-12(23-19-15)10-20-5-7-22-8-6-20/h2-4,9H,5-8,10H2,1H3,(H,18,21). The molecular weight excluding hydrogens is 318 g/mol. The third kappa shape index (κ3) is 3.90. The number of benzene rings is 1. The fraction of sp³-hybridized carbons (Fsp3) is 0.375. The molecule has 0 atom stereocenters. The molecule has 1 aromatic heterocycles. The molecule has 1 saturated heterocycles. The lowest BCUT2D eigenvalue weighted by atomic mass is 10.2. The highest BCUT2D eigenvalue weighted by Gasteiger charge is 2.17. The maximum Gasteiger partial charge on any atom is 0.277 e. The molecule has 0 aliphatic carbocycles. The first-order valence-electron chi connectivity index (χ1n) is 7.45. The molecule has 23 heavy (non-hydrogen) atoms. The molecule has 1 N–H and O–H groups in total. The van der Waals surface area contributed by atoms with Crippen molar-refractivity contribution >= 4 is 23.2 Å². The molecule has 1 aliphatic rings. The number of rotatable bonds is 4. The van der Waals surface area contributed by atoms with Gasteiger partial charge in [0.15, 0.2) is 11.5 Å². The van der Waals surface area contributed by atoms with Crippen LogP contribution in [0.4, 0.5) is 5.69 Å². The minimum absolute atomic E-state index is 0.257. The summed E-state index contributed by atoms with van der Waals surface area (Å²) >= 11 is 6.05. The first kappa shape index (κ1) is 16.0. The Labute approximate surface area is 139 Å². The van der Waals surface area contributed by atoms with E-state index in [1.54, 1.807) is 24.3 Å². The average Bonchev–Trinajstić information content (AvgIpc) is 3.01. The van der Waals surface area contributed by atoms with Crippen LogP contribution in [0.3, 0.4) is 0 Å². The fourth-order valence-electron chi connectivity index (χ4n) is 2.40. The first-order chi connectivity index (χ1) is 11.1. The van der Waals surface area contributed by atoms with Crippen molar-refractivity contribution in [2.45, 2.75) is 13.5 Å². The van der Waals surface area contributed by atoms with Gasteiger partial charge in [0, 0.05) is 29.9 Å². The van der Waals surface area contributed by atoms with Gasteiger partial charge >= 0.3 is 0 Å². The lowest BCUT2D eigenvalue weighted by Gasteiger charge is -2.25. The topological polar surface area (TPSA) is 67.6 Å². The Hall–Kier alpha value is -1.89. The maximum absolute atomic E-state index is 12.3. The molecule has 0 bridgehead atoms. The highest BCUT2D eigenvalue weighted by Crippen LogP contribution is 2.23. The van der Waals surface area contributed by atoms with Gasteiger partial charge in [0.25, 0.3) is 5.91 Å². The third-order valence-corrected chi connectivity index (χ3v) is 4.20. The molecule has 0 unspecified atom stereocenters. The van der Waals surface area contributed by atoms with Crippen LogP contribution in [-0.4, -0.2) is 42.3 Å². The SMILES string of the molecule is Cc1c(Cl)cccc1NC(=O)c1cc(CN2CCOCC2)on1. The smallest absolute Gasteiger partial charge is 0.277 e. The van der Waals surface area contributed by atoms with Gasteiger partial charge in [0.05, 0.1) is 19.8 Å². The Balaban J connectivity index is 1.65. The lowest BCUT2D eigenvalue weighted by molar-refractivity contribution is 0.0305. The van der Waals surface area contributed by atoms with Crippen LogP contribution in [0, 0.1) is 6.92 Å². The molecule has 3 rings (SSSR count). The molecular formula is C16H18ClN3O3. The van der Waals surface area contributed by atoms with E-state index in [2.05, 4.69) is 15.4 Å². The van der Waals surface area contributed by atoms with Crippen LogP contribution in [0.15, 0.2) is 28.8 Å². The number of hydrogen-bond donors (Lipinski definition) is 1. The third-order valence-electron chi connectivity index (χ3n) is 3.79. The molecule has 1 amide bonds. The van der Waals surface area contributed by atoms with E-state index < -0.39 is 0 Å². The zero-order valence-corrected chi connectivity index (χ0v) is 13.6. The molecule has 122 valence electrons. The zero-order valence-electron chi connectivity index (χ0n) is 12.8. The monoisotopic (exact) mass is 335 g/mol. The van der Waals surface area contributed by atoms with Gasteiger partial charge in [0.1, 0.15) is 0 Å². The molecule has 0 spiro atoms. The van der Waals surface area contributed by atoms with E-state index >= 15 is 0 Å². The van der Waals surface area contributed by atoms with Crippen LogP contribution in [0.25, 0.3) is 0 Å². The first-order valence-corrected chi connectivity index (χ1v) is 7.83. The van der Waals surface area contributed by atoms with E-state index in [0.717, 1.165) is 31.9 Å². The summed E-state index contributed by atoms with van der Waals surface area (Å²) in [4.78, 5) is 14.5. The number of carbonyl (C=O) groups excluding carboxylic acids is 1. The summed E-state index contributed by atoms with van der Waals surface area (Å²) in [6, 6.07) is 7.04. The average molecular weight is 336 g/mol. The van der Waals surface area contributed by atoms with Gasteiger partial charge in [-0.2, -0.15) is 0 Å². The van der Waals surface area contributed by atoms with E-state index in [0.29, 0.717) is 23.0 Å². The van der Waals surface area contributed by atoms with E-state index in [1.165, 1.54) is 0 Å². The predicted molar refractivity (Wildman–Crippen MR) is 86.7 cm³/mol. The minimum Gasteiger partial charge on any atom is -0.379 e. The van der Waals surface area contributed by atoms with Crippen molar-refractivity contribution in [3.05, 3.63) is 46.3 Å².